The number of hydrogen-bond donors (Lipinski definition) is 1. The van der Waals surface area contributed by atoms with Crippen LogP contribution in [0, 0.1) is 6.92 Å². The molecule has 0 saturated carbocycles. The predicted molar refractivity (Wildman–Crippen MR) is 56.0 cm³/mol. The smallest absolute Gasteiger partial charge is 0.177 e. The minimum atomic E-state index is 0.807. The summed E-state index contributed by atoms with van der Waals surface area (Å²) >= 11 is 0. The Morgan fingerprint density at radius 2 is 2.07 bits per heavy atom. The molecule has 0 unspecified atom stereocenters. The van der Waals surface area contributed by atoms with Crippen LogP contribution in [0.3, 0.4) is 0 Å². The first-order valence-corrected chi connectivity index (χ1v) is 4.62. The molecule has 0 fully saturated rings. The van der Waals surface area contributed by atoms with E-state index in [0.29, 0.717) is 0 Å². The topological polar surface area (TPSA) is 44.8 Å². The van der Waals surface area contributed by atoms with Crippen molar-refractivity contribution in [3.63, 3.8) is 0 Å². The highest BCUT2D eigenvalue weighted by molar-refractivity contribution is 5.70. The van der Waals surface area contributed by atoms with E-state index in [1.165, 1.54) is 0 Å². The number of aromatic nitrogens is 3. The quantitative estimate of drug-likeness (QED) is 0.777. The van der Waals surface area contributed by atoms with Gasteiger partial charge in [-0.1, -0.05) is 0 Å². The highest BCUT2D eigenvalue weighted by Crippen LogP contribution is 2.09. The van der Waals surface area contributed by atoms with Crippen LogP contribution in [0.5, 0.6) is 0 Å². The largest absolute Gasteiger partial charge is 0.340 e. The van der Waals surface area contributed by atoms with Gasteiger partial charge < -0.3 is 9.88 Å². The van der Waals surface area contributed by atoms with Crippen molar-refractivity contribution in [1.29, 1.82) is 0 Å². The summed E-state index contributed by atoms with van der Waals surface area (Å²) < 4.78 is 0. The minimum Gasteiger partial charge on any atom is -0.340 e. The summed E-state index contributed by atoms with van der Waals surface area (Å²) in [6.45, 7) is 2.79. The van der Waals surface area contributed by atoms with E-state index in [4.69, 9.17) is 0 Å². The molecule has 0 aliphatic carbocycles. The van der Waals surface area contributed by atoms with Gasteiger partial charge in [-0.25, -0.2) is 9.97 Å². The van der Waals surface area contributed by atoms with Gasteiger partial charge in [-0.3, -0.25) is 0 Å². The van der Waals surface area contributed by atoms with E-state index in [2.05, 4.69) is 19.9 Å². The molecule has 0 aromatic carbocycles. The summed E-state index contributed by atoms with van der Waals surface area (Å²) in [6.07, 6.45) is 0. The Balaban J connectivity index is 2.41. The fourth-order valence-corrected chi connectivity index (χ4v) is 1.41. The van der Waals surface area contributed by atoms with Crippen LogP contribution in [-0.4, -0.2) is 33.9 Å². The maximum Gasteiger partial charge on any atom is 0.177 e. The van der Waals surface area contributed by atoms with Crippen molar-refractivity contribution in [2.75, 3.05) is 14.1 Å². The number of pyridine rings is 1. The van der Waals surface area contributed by atoms with Crippen LogP contribution < -0.4 is 0 Å². The van der Waals surface area contributed by atoms with Crippen LogP contribution in [0.2, 0.25) is 0 Å². The highest BCUT2D eigenvalue weighted by atomic mass is 15.1. The zero-order valence-corrected chi connectivity index (χ0v) is 8.70. The fourth-order valence-electron chi connectivity index (χ4n) is 1.41. The van der Waals surface area contributed by atoms with Crippen molar-refractivity contribution in [2.45, 2.75) is 13.5 Å². The molecule has 4 heteroatoms. The number of hydrogen-bond acceptors (Lipinski definition) is 3. The van der Waals surface area contributed by atoms with Gasteiger partial charge >= 0.3 is 0 Å². The molecule has 0 saturated heterocycles. The number of aromatic amines is 1. The summed E-state index contributed by atoms with van der Waals surface area (Å²) in [4.78, 5) is 14.1. The van der Waals surface area contributed by atoms with Gasteiger partial charge in [0, 0.05) is 5.69 Å². The third kappa shape index (κ3) is 1.75. The van der Waals surface area contributed by atoms with Gasteiger partial charge in [0.2, 0.25) is 0 Å². The van der Waals surface area contributed by atoms with E-state index in [1.54, 1.807) is 0 Å². The Bertz CT molecular complexity index is 444. The maximum absolute atomic E-state index is 4.41. The van der Waals surface area contributed by atoms with Crippen LogP contribution >= 0.6 is 0 Å². The van der Waals surface area contributed by atoms with Crippen molar-refractivity contribution in [2.24, 2.45) is 0 Å². The molecular formula is C10H14N4. The second-order valence-corrected chi connectivity index (χ2v) is 3.75. The second-order valence-electron chi connectivity index (χ2n) is 3.75. The molecule has 0 aliphatic heterocycles. The lowest BCUT2D eigenvalue weighted by Gasteiger charge is -2.04. The Kier molecular flexibility index (Phi) is 2.21. The van der Waals surface area contributed by atoms with Gasteiger partial charge in [-0.15, -0.1) is 0 Å². The van der Waals surface area contributed by atoms with Crippen LogP contribution in [0.1, 0.15) is 11.5 Å². The summed E-state index contributed by atoms with van der Waals surface area (Å²) in [5, 5.41) is 0. The molecule has 2 aromatic rings. The first kappa shape index (κ1) is 9.15. The molecule has 4 nitrogen and oxygen atoms in total. The van der Waals surface area contributed by atoms with E-state index in [-0.39, 0.29) is 0 Å². The molecule has 0 atom stereocenters. The lowest BCUT2D eigenvalue weighted by molar-refractivity contribution is 0.392. The van der Waals surface area contributed by atoms with E-state index in [1.807, 2.05) is 33.2 Å². The van der Waals surface area contributed by atoms with Gasteiger partial charge in [0.15, 0.2) is 5.65 Å². The lowest BCUT2D eigenvalue weighted by atomic mass is 10.4. The number of rotatable bonds is 2. The Morgan fingerprint density at radius 3 is 2.79 bits per heavy atom. The van der Waals surface area contributed by atoms with Gasteiger partial charge in [0.05, 0.1) is 12.1 Å². The standard InChI is InChI=1S/C10H14N4/c1-7-4-5-8-10(11-7)13-9(12-8)6-14(2)3/h4-5H,6H2,1-3H3,(H,11,12,13). The van der Waals surface area contributed by atoms with E-state index in [9.17, 15) is 0 Å². The SMILES string of the molecule is Cc1ccc2[nH]c(CN(C)C)nc2n1. The number of H-pyrrole nitrogens is 1. The first-order chi connectivity index (χ1) is 6.65. The molecule has 0 radical (unpaired) electrons. The third-order valence-electron chi connectivity index (χ3n) is 2.00. The second kappa shape index (κ2) is 3.38. The number of aryl methyl sites for hydroxylation is 1. The van der Waals surface area contributed by atoms with E-state index >= 15 is 0 Å². The normalized spacial score (nSPS) is 11.4. The monoisotopic (exact) mass is 190 g/mol. The molecule has 0 amide bonds. The number of nitrogens with zero attached hydrogens (tertiary/aromatic N) is 3. The molecule has 2 aromatic heterocycles. The van der Waals surface area contributed by atoms with E-state index in [0.717, 1.165) is 29.2 Å². The molecule has 1 N–H and O–H groups in total. The van der Waals surface area contributed by atoms with Gasteiger partial charge in [-0.05, 0) is 33.2 Å². The van der Waals surface area contributed by atoms with Crippen molar-refractivity contribution in [3.05, 3.63) is 23.7 Å². The van der Waals surface area contributed by atoms with Crippen LogP contribution in [0.25, 0.3) is 11.2 Å². The van der Waals surface area contributed by atoms with Gasteiger partial charge in [0.25, 0.3) is 0 Å². The average Bonchev–Trinajstić information content (AvgIpc) is 2.44. The zero-order chi connectivity index (χ0) is 10.1. The Labute approximate surface area is 83.0 Å². The summed E-state index contributed by atoms with van der Waals surface area (Å²) in [6, 6.07) is 4.00. The molecule has 0 bridgehead atoms. The van der Waals surface area contributed by atoms with Crippen molar-refractivity contribution < 1.29 is 0 Å². The summed E-state index contributed by atoms with van der Waals surface area (Å²) in [5.41, 5.74) is 2.81. The molecule has 2 rings (SSSR count). The van der Waals surface area contributed by atoms with Crippen LogP contribution in [0.15, 0.2) is 12.1 Å². The average molecular weight is 190 g/mol. The van der Waals surface area contributed by atoms with Crippen molar-refractivity contribution in [1.82, 2.24) is 19.9 Å². The van der Waals surface area contributed by atoms with Gasteiger partial charge in [-0.2, -0.15) is 0 Å². The number of imidazole rings is 1. The molecule has 0 spiro atoms. The summed E-state index contributed by atoms with van der Waals surface area (Å²) in [5.74, 6) is 0.961. The molecule has 74 valence electrons. The highest BCUT2D eigenvalue weighted by Gasteiger charge is 2.04. The zero-order valence-electron chi connectivity index (χ0n) is 8.70. The van der Waals surface area contributed by atoms with Gasteiger partial charge in [0.1, 0.15) is 5.82 Å². The number of fused-ring (bicyclic) bond motifs is 1. The molecule has 14 heavy (non-hydrogen) atoms. The molecule has 2 heterocycles. The maximum atomic E-state index is 4.41. The first-order valence-electron chi connectivity index (χ1n) is 4.62. The Morgan fingerprint density at radius 1 is 1.29 bits per heavy atom. The van der Waals surface area contributed by atoms with Crippen LogP contribution in [-0.2, 0) is 6.54 Å². The fraction of sp³-hybridized carbons (Fsp3) is 0.400. The van der Waals surface area contributed by atoms with Crippen LogP contribution in [0.4, 0.5) is 0 Å². The minimum absolute atomic E-state index is 0.807. The molecule has 0 aliphatic rings. The van der Waals surface area contributed by atoms with Crippen molar-refractivity contribution >= 4 is 11.2 Å². The number of nitrogens with one attached hydrogen (secondary N) is 1. The van der Waals surface area contributed by atoms with Crippen molar-refractivity contribution in [3.8, 4) is 0 Å². The lowest BCUT2D eigenvalue weighted by Crippen LogP contribution is -2.11. The predicted octanol–water partition coefficient (Wildman–Crippen LogP) is 1.33. The van der Waals surface area contributed by atoms with E-state index < -0.39 is 0 Å². The Hall–Kier alpha value is -1.42. The third-order valence-corrected chi connectivity index (χ3v) is 2.00. The summed E-state index contributed by atoms with van der Waals surface area (Å²) in [7, 11) is 4.04. The molecular weight excluding hydrogens is 176 g/mol.